The number of benzene rings is 2. The quantitative estimate of drug-likeness (QED) is 0.582. The van der Waals surface area contributed by atoms with Crippen LogP contribution >= 0.6 is 0 Å². The number of rotatable bonds is 2. The van der Waals surface area contributed by atoms with Gasteiger partial charge in [-0.25, -0.2) is 0 Å². The second kappa shape index (κ2) is 5.13. The maximum Gasteiger partial charge on any atom is 0.185 e. The molecule has 0 fully saturated rings. The highest BCUT2D eigenvalue weighted by atomic mass is 16.3. The first-order valence-corrected chi connectivity index (χ1v) is 7.49. The van der Waals surface area contributed by atoms with E-state index in [1.807, 2.05) is 19.1 Å². The molecule has 1 heterocycles. The summed E-state index contributed by atoms with van der Waals surface area (Å²) in [5, 5.41) is 0.998. The monoisotopic (exact) mass is 292 g/mol. The number of furan rings is 1. The number of carbonyl (C=O) groups excluding carboxylic acids is 1. The molecule has 0 unspecified atom stereocenters. The molecular formula is C20H20O2. The molecule has 3 rings (SSSR count). The number of hydrogen-bond donors (Lipinski definition) is 0. The summed E-state index contributed by atoms with van der Waals surface area (Å²) in [6, 6.07) is 14.7. The van der Waals surface area contributed by atoms with Crippen molar-refractivity contribution in [2.45, 2.75) is 33.1 Å². The van der Waals surface area contributed by atoms with E-state index in [-0.39, 0.29) is 5.41 Å². The molecule has 0 saturated heterocycles. The molecule has 0 aliphatic heterocycles. The van der Waals surface area contributed by atoms with Crippen LogP contribution in [0.4, 0.5) is 0 Å². The van der Waals surface area contributed by atoms with E-state index < -0.39 is 0 Å². The Morgan fingerprint density at radius 2 is 1.73 bits per heavy atom. The Balaban J connectivity index is 2.13. The van der Waals surface area contributed by atoms with Crippen molar-refractivity contribution in [1.82, 2.24) is 0 Å². The van der Waals surface area contributed by atoms with Crippen LogP contribution < -0.4 is 0 Å². The minimum atomic E-state index is 0.117. The summed E-state index contributed by atoms with van der Waals surface area (Å²) < 4.78 is 5.64. The minimum Gasteiger partial charge on any atom is -0.453 e. The molecule has 0 N–H and O–H groups in total. The van der Waals surface area contributed by atoms with Gasteiger partial charge in [-0.1, -0.05) is 57.2 Å². The fourth-order valence-corrected chi connectivity index (χ4v) is 2.70. The first-order valence-electron chi connectivity index (χ1n) is 7.49. The molecule has 2 nitrogen and oxygen atoms in total. The van der Waals surface area contributed by atoms with E-state index in [1.54, 1.807) is 0 Å². The van der Waals surface area contributed by atoms with Crippen molar-refractivity contribution in [3.63, 3.8) is 0 Å². The van der Waals surface area contributed by atoms with Crippen LogP contribution in [0.15, 0.2) is 46.9 Å². The summed E-state index contributed by atoms with van der Waals surface area (Å²) in [7, 11) is 0. The van der Waals surface area contributed by atoms with Crippen molar-refractivity contribution >= 4 is 17.3 Å². The lowest BCUT2D eigenvalue weighted by molar-refractivity contribution is 0.110. The second-order valence-electron chi connectivity index (χ2n) is 6.75. The van der Waals surface area contributed by atoms with Crippen LogP contribution in [0.25, 0.3) is 22.1 Å². The van der Waals surface area contributed by atoms with Crippen LogP contribution in [0.5, 0.6) is 0 Å². The largest absolute Gasteiger partial charge is 0.453 e. The highest BCUT2D eigenvalue weighted by Crippen LogP contribution is 2.31. The van der Waals surface area contributed by atoms with E-state index in [9.17, 15) is 4.79 Å². The lowest BCUT2D eigenvalue weighted by Gasteiger charge is -2.19. The van der Waals surface area contributed by atoms with Crippen molar-refractivity contribution in [3.8, 4) is 11.1 Å². The van der Waals surface area contributed by atoms with Gasteiger partial charge in [0, 0.05) is 10.9 Å². The van der Waals surface area contributed by atoms with E-state index in [1.165, 1.54) is 5.56 Å². The summed E-state index contributed by atoms with van der Waals surface area (Å²) in [4.78, 5) is 11.0. The van der Waals surface area contributed by atoms with Crippen LogP contribution in [0.2, 0.25) is 0 Å². The Hall–Kier alpha value is -2.35. The molecule has 3 aromatic rings. The molecule has 1 aromatic heterocycles. The summed E-state index contributed by atoms with van der Waals surface area (Å²) in [6.07, 6.45) is 0.773. The van der Waals surface area contributed by atoms with E-state index >= 15 is 0 Å². The fourth-order valence-electron chi connectivity index (χ4n) is 2.70. The highest BCUT2D eigenvalue weighted by Gasteiger charge is 2.15. The maximum atomic E-state index is 11.0. The summed E-state index contributed by atoms with van der Waals surface area (Å²) in [5.74, 6) is 0.413. The van der Waals surface area contributed by atoms with Gasteiger partial charge in [-0.15, -0.1) is 0 Å². The molecule has 112 valence electrons. The van der Waals surface area contributed by atoms with Gasteiger partial charge >= 0.3 is 0 Å². The smallest absolute Gasteiger partial charge is 0.185 e. The van der Waals surface area contributed by atoms with Crippen LogP contribution in [-0.2, 0) is 5.41 Å². The Bertz CT molecular complexity index is 848. The number of hydrogen-bond acceptors (Lipinski definition) is 2. The average molecular weight is 292 g/mol. The van der Waals surface area contributed by atoms with Crippen molar-refractivity contribution in [2.75, 3.05) is 0 Å². The Labute approximate surface area is 130 Å². The number of aryl methyl sites for hydroxylation is 1. The third-order valence-electron chi connectivity index (χ3n) is 4.14. The highest BCUT2D eigenvalue weighted by molar-refractivity contribution is 5.91. The summed E-state index contributed by atoms with van der Waals surface area (Å²) in [5.41, 5.74) is 5.35. The van der Waals surface area contributed by atoms with E-state index in [0.29, 0.717) is 5.76 Å². The average Bonchev–Trinajstić information content (AvgIpc) is 2.82. The summed E-state index contributed by atoms with van der Waals surface area (Å²) >= 11 is 0. The zero-order chi connectivity index (χ0) is 15.9. The number of carbonyl (C=O) groups is 1. The predicted molar refractivity (Wildman–Crippen MR) is 90.5 cm³/mol. The Morgan fingerprint density at radius 3 is 2.41 bits per heavy atom. The van der Waals surface area contributed by atoms with Gasteiger partial charge in [0.05, 0.1) is 0 Å². The molecule has 2 aromatic carbocycles. The zero-order valence-electron chi connectivity index (χ0n) is 13.4. The molecule has 0 aliphatic carbocycles. The van der Waals surface area contributed by atoms with Gasteiger partial charge in [0.1, 0.15) is 5.58 Å². The van der Waals surface area contributed by atoms with Crippen LogP contribution in [-0.4, -0.2) is 6.29 Å². The first kappa shape index (κ1) is 14.6. The van der Waals surface area contributed by atoms with Crippen molar-refractivity contribution < 1.29 is 9.21 Å². The van der Waals surface area contributed by atoms with Crippen molar-refractivity contribution in [3.05, 3.63) is 59.4 Å². The topological polar surface area (TPSA) is 30.2 Å². The standard InChI is InChI=1S/C20H20O2/c1-13-17-9-8-15(11-18(17)22-19(13)12-21)14-6-5-7-16(10-14)20(2,3)4/h5-12H,1-4H3. The van der Waals surface area contributed by atoms with Gasteiger partial charge in [0.25, 0.3) is 0 Å². The lowest BCUT2D eigenvalue weighted by atomic mass is 9.85. The molecule has 0 aliphatic rings. The van der Waals surface area contributed by atoms with E-state index in [2.05, 4.69) is 51.1 Å². The third-order valence-corrected chi connectivity index (χ3v) is 4.14. The molecular weight excluding hydrogens is 272 g/mol. The van der Waals surface area contributed by atoms with Gasteiger partial charge in [-0.2, -0.15) is 0 Å². The second-order valence-corrected chi connectivity index (χ2v) is 6.75. The third kappa shape index (κ3) is 2.45. The molecule has 0 bridgehead atoms. The molecule has 0 atom stereocenters. The van der Waals surface area contributed by atoms with Crippen molar-refractivity contribution in [2.24, 2.45) is 0 Å². The molecule has 0 amide bonds. The predicted octanol–water partition coefficient (Wildman–Crippen LogP) is 5.52. The van der Waals surface area contributed by atoms with Crippen LogP contribution in [0, 0.1) is 6.92 Å². The van der Waals surface area contributed by atoms with E-state index in [4.69, 9.17) is 4.42 Å². The Kier molecular flexibility index (Phi) is 3.40. The normalized spacial score (nSPS) is 11.8. The van der Waals surface area contributed by atoms with Crippen LogP contribution in [0.1, 0.15) is 42.5 Å². The fraction of sp³-hybridized carbons (Fsp3) is 0.250. The van der Waals surface area contributed by atoms with Gasteiger partial charge in [-0.3, -0.25) is 4.79 Å². The maximum absolute atomic E-state index is 11.0. The lowest BCUT2D eigenvalue weighted by Crippen LogP contribution is -2.10. The van der Waals surface area contributed by atoms with Gasteiger partial charge in [-0.05, 0) is 35.1 Å². The Morgan fingerprint density at radius 1 is 1.00 bits per heavy atom. The molecule has 2 heteroatoms. The number of aldehydes is 1. The molecule has 0 radical (unpaired) electrons. The number of fused-ring (bicyclic) bond motifs is 1. The van der Waals surface area contributed by atoms with E-state index in [0.717, 1.165) is 33.9 Å². The zero-order valence-corrected chi connectivity index (χ0v) is 13.4. The molecule has 22 heavy (non-hydrogen) atoms. The van der Waals surface area contributed by atoms with Gasteiger partial charge in [0.2, 0.25) is 0 Å². The van der Waals surface area contributed by atoms with Gasteiger partial charge in [0.15, 0.2) is 12.0 Å². The molecule has 0 saturated carbocycles. The summed E-state index contributed by atoms with van der Waals surface area (Å²) in [6.45, 7) is 8.54. The SMILES string of the molecule is Cc1c(C=O)oc2cc(-c3cccc(C(C)(C)C)c3)ccc12. The first-order chi connectivity index (χ1) is 10.4. The van der Waals surface area contributed by atoms with Gasteiger partial charge < -0.3 is 4.42 Å². The minimum absolute atomic E-state index is 0.117. The molecule has 0 spiro atoms. The van der Waals surface area contributed by atoms with Crippen LogP contribution in [0.3, 0.4) is 0 Å². The van der Waals surface area contributed by atoms with Crippen molar-refractivity contribution in [1.29, 1.82) is 0 Å².